The van der Waals surface area contributed by atoms with Gasteiger partial charge < -0.3 is 9.84 Å². The second-order valence-corrected chi connectivity index (χ2v) is 7.93. The predicted octanol–water partition coefficient (Wildman–Crippen LogP) is 4.73. The van der Waals surface area contributed by atoms with Crippen LogP contribution in [0, 0.1) is 0 Å². The van der Waals surface area contributed by atoms with Crippen molar-refractivity contribution < 1.29 is 23.0 Å². The van der Waals surface area contributed by atoms with Crippen molar-refractivity contribution >= 4 is 0 Å². The average molecular weight is 391 g/mol. The van der Waals surface area contributed by atoms with Gasteiger partial charge in [0.15, 0.2) is 0 Å². The summed E-state index contributed by atoms with van der Waals surface area (Å²) in [4.78, 5) is 2.40. The van der Waals surface area contributed by atoms with Crippen LogP contribution in [0.4, 0.5) is 13.2 Å². The van der Waals surface area contributed by atoms with Gasteiger partial charge in [0.2, 0.25) is 0 Å². The number of hydrogen-bond donors (Lipinski definition) is 1. The Kier molecular flexibility index (Phi) is 4.88. The van der Waals surface area contributed by atoms with Crippen molar-refractivity contribution in [3.8, 4) is 5.75 Å². The van der Waals surface area contributed by atoms with Gasteiger partial charge in [-0.25, -0.2) is 0 Å². The molecule has 0 amide bonds. The zero-order valence-electron chi connectivity index (χ0n) is 15.7. The van der Waals surface area contributed by atoms with Crippen molar-refractivity contribution in [1.82, 2.24) is 4.90 Å². The molecule has 2 saturated heterocycles. The van der Waals surface area contributed by atoms with E-state index in [-0.39, 0.29) is 17.8 Å². The molecule has 2 atom stereocenters. The Morgan fingerprint density at radius 1 is 1.07 bits per heavy atom. The molecule has 0 spiro atoms. The van der Waals surface area contributed by atoms with Crippen LogP contribution in [0.1, 0.15) is 42.4 Å². The fraction of sp³-hybridized carbons (Fsp3) is 0.455. The largest absolute Gasteiger partial charge is 0.497 e. The lowest BCUT2D eigenvalue weighted by Gasteiger charge is -2.44. The van der Waals surface area contributed by atoms with E-state index in [2.05, 4.69) is 17.0 Å². The van der Waals surface area contributed by atoms with E-state index in [9.17, 15) is 18.3 Å². The third-order valence-corrected chi connectivity index (χ3v) is 6.13. The smallest absolute Gasteiger partial charge is 0.416 e. The Balaban J connectivity index is 1.61. The number of halogens is 3. The van der Waals surface area contributed by atoms with E-state index in [0.717, 1.165) is 31.5 Å². The summed E-state index contributed by atoms with van der Waals surface area (Å²) in [6.45, 7) is 0.804. The minimum Gasteiger partial charge on any atom is -0.497 e. The lowest BCUT2D eigenvalue weighted by Crippen LogP contribution is -2.49. The molecule has 2 aromatic carbocycles. The van der Waals surface area contributed by atoms with Crippen molar-refractivity contribution in [1.29, 1.82) is 0 Å². The molecule has 3 nitrogen and oxygen atoms in total. The van der Waals surface area contributed by atoms with Gasteiger partial charge >= 0.3 is 6.18 Å². The summed E-state index contributed by atoms with van der Waals surface area (Å²) in [5.74, 6) is 0.123. The summed E-state index contributed by atoms with van der Waals surface area (Å²) in [6.07, 6.45) is -1.71. The molecular formula is C22H24F3NO2. The monoisotopic (exact) mass is 391 g/mol. The Labute approximate surface area is 162 Å². The first kappa shape index (κ1) is 19.3. The van der Waals surface area contributed by atoms with Crippen molar-refractivity contribution in [3.05, 3.63) is 65.2 Å². The molecular weight excluding hydrogens is 367 g/mol. The third-order valence-electron chi connectivity index (χ3n) is 6.13. The van der Waals surface area contributed by atoms with Crippen molar-refractivity contribution in [2.45, 2.75) is 56.1 Å². The lowest BCUT2D eigenvalue weighted by atomic mass is 9.79. The van der Waals surface area contributed by atoms with E-state index in [1.807, 2.05) is 18.2 Å². The van der Waals surface area contributed by atoms with Gasteiger partial charge in [-0.3, -0.25) is 4.90 Å². The SMILES string of the molecule is COc1cc(C(F)(F)F)cc(C2(O)CC3CCC(C2)N3Cc2ccccc2)c1. The molecule has 2 bridgehead atoms. The first-order valence-electron chi connectivity index (χ1n) is 9.57. The van der Waals surface area contributed by atoms with E-state index >= 15 is 0 Å². The average Bonchev–Trinajstić information content (AvgIpc) is 2.91. The maximum atomic E-state index is 13.3. The van der Waals surface area contributed by atoms with Gasteiger partial charge in [-0.15, -0.1) is 0 Å². The molecule has 1 N–H and O–H groups in total. The Morgan fingerprint density at radius 3 is 2.29 bits per heavy atom. The molecule has 2 fully saturated rings. The number of nitrogens with zero attached hydrogens (tertiary/aromatic N) is 1. The standard InChI is InChI=1S/C22H24F3NO2/c1-28-20-10-16(9-17(11-20)22(23,24)25)21(27)12-18-7-8-19(13-21)26(18)14-15-5-3-2-4-6-15/h2-6,9-11,18-19,27H,7-8,12-14H2,1H3. The summed E-state index contributed by atoms with van der Waals surface area (Å²) in [7, 11) is 1.34. The number of fused-ring (bicyclic) bond motifs is 2. The van der Waals surface area contributed by atoms with Crippen LogP contribution < -0.4 is 4.74 Å². The Bertz CT molecular complexity index is 823. The number of methoxy groups -OCH3 is 1. The summed E-state index contributed by atoms with van der Waals surface area (Å²) < 4.78 is 45.0. The highest BCUT2D eigenvalue weighted by molar-refractivity contribution is 5.39. The molecule has 0 saturated carbocycles. The zero-order valence-corrected chi connectivity index (χ0v) is 15.7. The summed E-state index contributed by atoms with van der Waals surface area (Å²) in [6, 6.07) is 14.1. The van der Waals surface area contributed by atoms with E-state index < -0.39 is 17.3 Å². The van der Waals surface area contributed by atoms with Gasteiger partial charge in [0.1, 0.15) is 5.75 Å². The summed E-state index contributed by atoms with van der Waals surface area (Å²) in [5.41, 5.74) is -0.538. The molecule has 2 unspecified atom stereocenters. The molecule has 0 aliphatic carbocycles. The third kappa shape index (κ3) is 3.63. The first-order chi connectivity index (χ1) is 13.3. The van der Waals surface area contributed by atoms with Crippen LogP contribution in [0.3, 0.4) is 0 Å². The fourth-order valence-corrected chi connectivity index (χ4v) is 4.75. The van der Waals surface area contributed by atoms with Gasteiger partial charge in [-0.2, -0.15) is 13.2 Å². The second-order valence-electron chi connectivity index (χ2n) is 7.93. The summed E-state index contributed by atoms with van der Waals surface area (Å²) >= 11 is 0. The highest BCUT2D eigenvalue weighted by atomic mass is 19.4. The topological polar surface area (TPSA) is 32.7 Å². The molecule has 0 radical (unpaired) electrons. The van der Waals surface area contributed by atoms with E-state index in [1.54, 1.807) is 6.07 Å². The minimum absolute atomic E-state index is 0.123. The number of benzene rings is 2. The maximum Gasteiger partial charge on any atom is 0.416 e. The number of hydrogen-bond acceptors (Lipinski definition) is 3. The highest BCUT2D eigenvalue weighted by Crippen LogP contribution is 2.47. The van der Waals surface area contributed by atoms with Crippen molar-refractivity contribution in [2.75, 3.05) is 7.11 Å². The van der Waals surface area contributed by atoms with Crippen molar-refractivity contribution in [3.63, 3.8) is 0 Å². The molecule has 4 rings (SSSR count). The van der Waals surface area contributed by atoms with Crippen LogP contribution >= 0.6 is 0 Å². The van der Waals surface area contributed by atoms with Crippen LogP contribution in [0.15, 0.2) is 48.5 Å². The number of piperidine rings is 1. The van der Waals surface area contributed by atoms with Gasteiger partial charge in [0.25, 0.3) is 0 Å². The van der Waals surface area contributed by atoms with Crippen LogP contribution in [0.5, 0.6) is 5.75 Å². The fourth-order valence-electron chi connectivity index (χ4n) is 4.75. The van der Waals surface area contributed by atoms with Crippen molar-refractivity contribution in [2.24, 2.45) is 0 Å². The molecule has 0 aromatic heterocycles. The molecule has 28 heavy (non-hydrogen) atoms. The summed E-state index contributed by atoms with van der Waals surface area (Å²) in [5, 5.41) is 11.4. The van der Waals surface area contributed by atoms with Gasteiger partial charge in [-0.1, -0.05) is 30.3 Å². The van der Waals surface area contributed by atoms with Gasteiger partial charge in [0.05, 0.1) is 18.3 Å². The van der Waals surface area contributed by atoms with E-state index in [0.29, 0.717) is 18.4 Å². The Morgan fingerprint density at radius 2 is 1.71 bits per heavy atom. The molecule has 2 aromatic rings. The molecule has 2 aliphatic heterocycles. The second kappa shape index (κ2) is 7.08. The number of alkyl halides is 3. The van der Waals surface area contributed by atoms with Crippen LogP contribution in [0.25, 0.3) is 0 Å². The highest BCUT2D eigenvalue weighted by Gasteiger charge is 2.48. The number of rotatable bonds is 4. The molecule has 2 aliphatic rings. The molecule has 6 heteroatoms. The van der Waals surface area contributed by atoms with Gasteiger partial charge in [-0.05, 0) is 55.0 Å². The minimum atomic E-state index is -4.48. The quantitative estimate of drug-likeness (QED) is 0.818. The normalized spacial score (nSPS) is 27.8. The lowest BCUT2D eigenvalue weighted by molar-refractivity contribution is -0.138. The van der Waals surface area contributed by atoms with Crippen LogP contribution in [-0.4, -0.2) is 29.2 Å². The molecule has 2 heterocycles. The zero-order chi connectivity index (χ0) is 19.9. The van der Waals surface area contributed by atoms with Crippen LogP contribution in [0.2, 0.25) is 0 Å². The Hall–Kier alpha value is -2.05. The number of ether oxygens (including phenoxy) is 1. The van der Waals surface area contributed by atoms with E-state index in [1.165, 1.54) is 12.7 Å². The van der Waals surface area contributed by atoms with Gasteiger partial charge in [0, 0.05) is 18.6 Å². The predicted molar refractivity (Wildman–Crippen MR) is 99.9 cm³/mol. The van der Waals surface area contributed by atoms with E-state index in [4.69, 9.17) is 4.74 Å². The molecule has 150 valence electrons. The first-order valence-corrected chi connectivity index (χ1v) is 9.57. The van der Waals surface area contributed by atoms with Crippen LogP contribution in [-0.2, 0) is 18.3 Å². The maximum absolute atomic E-state index is 13.3. The number of aliphatic hydroxyl groups is 1.